The van der Waals surface area contributed by atoms with Crippen molar-refractivity contribution in [3.63, 3.8) is 0 Å². The average Bonchev–Trinajstić information content (AvgIpc) is 2.74. The van der Waals surface area contributed by atoms with E-state index in [9.17, 15) is 14.4 Å². The number of benzene rings is 1. The average molecular weight is 406 g/mol. The molecular weight excluding hydrogens is 380 g/mol. The third-order valence-electron chi connectivity index (χ3n) is 5.72. The first-order valence-electron chi connectivity index (χ1n) is 10.3. The maximum atomic E-state index is 13.4. The fourth-order valence-corrected chi connectivity index (χ4v) is 4.17. The van der Waals surface area contributed by atoms with Gasteiger partial charge in [-0.1, -0.05) is 29.8 Å². The summed E-state index contributed by atoms with van der Waals surface area (Å²) in [6, 6.07) is 9.37. The van der Waals surface area contributed by atoms with Crippen LogP contribution in [-0.4, -0.2) is 38.0 Å². The molecule has 30 heavy (non-hydrogen) atoms. The fraction of sp³-hybridized carbons (Fsp3) is 0.391. The molecule has 0 N–H and O–H groups in total. The van der Waals surface area contributed by atoms with E-state index >= 15 is 0 Å². The summed E-state index contributed by atoms with van der Waals surface area (Å²) >= 11 is 0. The molecular formula is C23H26N4O3. The summed E-state index contributed by atoms with van der Waals surface area (Å²) in [6.07, 6.45) is 3.03. The lowest BCUT2D eigenvalue weighted by Gasteiger charge is -2.27. The largest absolute Gasteiger partial charge is 0.339 e. The van der Waals surface area contributed by atoms with Gasteiger partial charge in [0.25, 0.3) is 11.5 Å². The Kier molecular flexibility index (Phi) is 5.28. The summed E-state index contributed by atoms with van der Waals surface area (Å²) < 4.78 is 2.56. The van der Waals surface area contributed by atoms with E-state index in [2.05, 4.69) is 4.98 Å². The number of aryl methyl sites for hydroxylation is 3. The Morgan fingerprint density at radius 2 is 1.80 bits per heavy atom. The van der Waals surface area contributed by atoms with Gasteiger partial charge < -0.3 is 4.90 Å². The van der Waals surface area contributed by atoms with Crippen LogP contribution in [0.25, 0.3) is 11.0 Å². The lowest BCUT2D eigenvalue weighted by molar-refractivity contribution is 0.0726. The van der Waals surface area contributed by atoms with Crippen molar-refractivity contribution in [3.05, 3.63) is 73.6 Å². The SMILES string of the molecule is Cc1cccc(Cn2c(=O)c3c(C(=O)N4CCCCC4)cc(C)nc3n(C)c2=O)c1. The molecule has 156 valence electrons. The summed E-state index contributed by atoms with van der Waals surface area (Å²) in [4.78, 5) is 45.9. The van der Waals surface area contributed by atoms with E-state index in [-0.39, 0.29) is 23.5 Å². The van der Waals surface area contributed by atoms with E-state index < -0.39 is 11.2 Å². The highest BCUT2D eigenvalue weighted by Crippen LogP contribution is 2.19. The molecule has 1 aliphatic heterocycles. The Balaban J connectivity index is 1.93. The number of aromatic nitrogens is 3. The van der Waals surface area contributed by atoms with E-state index in [0.717, 1.165) is 30.4 Å². The molecule has 1 saturated heterocycles. The van der Waals surface area contributed by atoms with Crippen LogP contribution in [0.3, 0.4) is 0 Å². The highest BCUT2D eigenvalue weighted by molar-refractivity contribution is 6.05. The monoisotopic (exact) mass is 406 g/mol. The number of hydrogen-bond acceptors (Lipinski definition) is 4. The van der Waals surface area contributed by atoms with Crippen molar-refractivity contribution >= 4 is 16.9 Å². The van der Waals surface area contributed by atoms with Gasteiger partial charge in [0.05, 0.1) is 17.5 Å². The molecule has 0 spiro atoms. The van der Waals surface area contributed by atoms with Crippen molar-refractivity contribution in [2.75, 3.05) is 13.1 Å². The number of likely N-dealkylation sites (tertiary alicyclic amines) is 1. The quantitative estimate of drug-likeness (QED) is 0.669. The Morgan fingerprint density at radius 1 is 1.07 bits per heavy atom. The molecule has 4 rings (SSSR count). The highest BCUT2D eigenvalue weighted by Gasteiger charge is 2.25. The van der Waals surface area contributed by atoms with Gasteiger partial charge in [-0.25, -0.2) is 9.78 Å². The Labute approximate surface area is 174 Å². The molecule has 0 atom stereocenters. The van der Waals surface area contributed by atoms with Crippen molar-refractivity contribution in [1.29, 1.82) is 0 Å². The first-order chi connectivity index (χ1) is 14.4. The van der Waals surface area contributed by atoms with Crippen molar-refractivity contribution in [2.24, 2.45) is 7.05 Å². The number of carbonyl (C=O) groups excluding carboxylic acids is 1. The molecule has 0 aliphatic carbocycles. The van der Waals surface area contributed by atoms with Crippen LogP contribution in [0.15, 0.2) is 39.9 Å². The molecule has 2 aromatic heterocycles. The van der Waals surface area contributed by atoms with Gasteiger partial charge in [-0.15, -0.1) is 0 Å². The maximum Gasteiger partial charge on any atom is 0.332 e. The van der Waals surface area contributed by atoms with Gasteiger partial charge in [-0.2, -0.15) is 0 Å². The van der Waals surface area contributed by atoms with E-state index in [1.54, 1.807) is 24.9 Å². The molecule has 1 amide bonds. The molecule has 3 heterocycles. The maximum absolute atomic E-state index is 13.4. The van der Waals surface area contributed by atoms with Crippen LogP contribution in [0.1, 0.15) is 46.4 Å². The number of fused-ring (bicyclic) bond motifs is 1. The zero-order valence-corrected chi connectivity index (χ0v) is 17.6. The topological polar surface area (TPSA) is 77.2 Å². The number of hydrogen-bond donors (Lipinski definition) is 0. The Morgan fingerprint density at radius 3 is 2.50 bits per heavy atom. The van der Waals surface area contributed by atoms with Gasteiger partial charge in [0.1, 0.15) is 5.65 Å². The summed E-state index contributed by atoms with van der Waals surface area (Å²) in [6.45, 7) is 5.26. The molecule has 1 aromatic carbocycles. The van der Waals surface area contributed by atoms with Crippen LogP contribution in [0.5, 0.6) is 0 Å². The lowest BCUT2D eigenvalue weighted by atomic mass is 10.1. The molecule has 0 saturated carbocycles. The lowest BCUT2D eigenvalue weighted by Crippen LogP contribution is -2.41. The van der Waals surface area contributed by atoms with Crippen molar-refractivity contribution in [1.82, 2.24) is 19.0 Å². The second-order valence-corrected chi connectivity index (χ2v) is 8.08. The molecule has 1 aliphatic rings. The molecule has 1 fully saturated rings. The number of nitrogens with zero attached hydrogens (tertiary/aromatic N) is 4. The van der Waals surface area contributed by atoms with Crippen LogP contribution >= 0.6 is 0 Å². The Hall–Kier alpha value is -3.22. The summed E-state index contributed by atoms with van der Waals surface area (Å²) in [7, 11) is 1.60. The first kappa shape index (κ1) is 20.1. The van der Waals surface area contributed by atoms with Crippen molar-refractivity contribution in [2.45, 2.75) is 39.7 Å². The molecule has 0 unspecified atom stereocenters. The first-order valence-corrected chi connectivity index (χ1v) is 10.3. The van der Waals surface area contributed by atoms with Gasteiger partial charge in [0.15, 0.2) is 0 Å². The summed E-state index contributed by atoms with van der Waals surface area (Å²) in [5, 5.41) is 0.214. The van der Waals surface area contributed by atoms with Gasteiger partial charge >= 0.3 is 5.69 Å². The van der Waals surface area contributed by atoms with Crippen LogP contribution < -0.4 is 11.2 Å². The second kappa shape index (κ2) is 7.89. The highest BCUT2D eigenvalue weighted by atomic mass is 16.2. The normalized spacial score (nSPS) is 14.3. The van der Waals surface area contributed by atoms with Gasteiger partial charge in [-0.3, -0.25) is 18.7 Å². The van der Waals surface area contributed by atoms with Crippen LogP contribution in [-0.2, 0) is 13.6 Å². The number of piperidine rings is 1. The number of rotatable bonds is 3. The van der Waals surface area contributed by atoms with E-state index in [1.165, 1.54) is 9.13 Å². The van der Waals surface area contributed by atoms with E-state index in [1.807, 2.05) is 31.2 Å². The summed E-state index contributed by atoms with van der Waals surface area (Å²) in [5.74, 6) is -0.164. The van der Waals surface area contributed by atoms with Gasteiger partial charge in [0, 0.05) is 25.8 Å². The number of pyridine rings is 1. The molecule has 7 nitrogen and oxygen atoms in total. The van der Waals surface area contributed by atoms with E-state index in [4.69, 9.17) is 0 Å². The zero-order valence-electron chi connectivity index (χ0n) is 17.6. The third-order valence-corrected chi connectivity index (χ3v) is 5.72. The second-order valence-electron chi connectivity index (χ2n) is 8.08. The standard InChI is InChI=1S/C23H26N4O3/c1-15-8-7-9-17(12-15)14-27-22(29)19-18(21(28)26-10-5-4-6-11-26)13-16(2)24-20(19)25(3)23(27)30/h7-9,12-13H,4-6,10-11,14H2,1-3H3. The third kappa shape index (κ3) is 3.56. The predicted molar refractivity (Wildman–Crippen MR) is 116 cm³/mol. The molecule has 0 bridgehead atoms. The minimum Gasteiger partial charge on any atom is -0.339 e. The van der Waals surface area contributed by atoms with Crippen LogP contribution in [0, 0.1) is 13.8 Å². The number of amides is 1. The van der Waals surface area contributed by atoms with E-state index in [0.29, 0.717) is 24.3 Å². The van der Waals surface area contributed by atoms with Gasteiger partial charge in [-0.05, 0) is 44.7 Å². The molecule has 0 radical (unpaired) electrons. The minimum atomic E-state index is -0.470. The predicted octanol–water partition coefficient (Wildman–Crippen LogP) is 2.39. The molecule has 7 heteroatoms. The number of carbonyl (C=O) groups is 1. The fourth-order valence-electron chi connectivity index (χ4n) is 4.17. The molecule has 3 aromatic rings. The van der Waals surface area contributed by atoms with Crippen molar-refractivity contribution in [3.8, 4) is 0 Å². The smallest absolute Gasteiger partial charge is 0.332 e. The van der Waals surface area contributed by atoms with Crippen LogP contribution in [0.2, 0.25) is 0 Å². The van der Waals surface area contributed by atoms with Crippen molar-refractivity contribution < 1.29 is 4.79 Å². The summed E-state index contributed by atoms with van der Waals surface area (Å²) in [5.41, 5.74) is 2.19. The van der Waals surface area contributed by atoms with Gasteiger partial charge in [0.2, 0.25) is 0 Å². The zero-order chi connectivity index (χ0) is 21.4. The van der Waals surface area contributed by atoms with Crippen LogP contribution in [0.4, 0.5) is 0 Å². The minimum absolute atomic E-state index is 0.147. The Bertz CT molecular complexity index is 1250.